The number of amides is 1. The molecule has 5 nitrogen and oxygen atoms in total. The van der Waals surface area contributed by atoms with Crippen molar-refractivity contribution in [3.63, 3.8) is 0 Å². The van der Waals surface area contributed by atoms with Gasteiger partial charge in [0, 0.05) is 6.54 Å². The molecule has 1 aliphatic carbocycles. The monoisotopic (exact) mass is 372 g/mol. The van der Waals surface area contributed by atoms with Crippen molar-refractivity contribution in [1.82, 2.24) is 4.31 Å². The first-order valence-electron chi connectivity index (χ1n) is 8.14. The molecule has 1 aromatic carbocycles. The number of hydrogen-bond acceptors (Lipinski definition) is 3. The summed E-state index contributed by atoms with van der Waals surface area (Å²) in [5.41, 5.74) is 0.608. The first kappa shape index (κ1) is 19.5. The Bertz CT molecular complexity index is 743. The highest BCUT2D eigenvalue weighted by Crippen LogP contribution is 2.21. The van der Waals surface area contributed by atoms with Crippen molar-refractivity contribution in [3.05, 3.63) is 41.5 Å². The fourth-order valence-corrected chi connectivity index (χ4v) is 3.49. The van der Waals surface area contributed by atoms with Gasteiger partial charge in [0.15, 0.2) is 0 Å². The Balaban J connectivity index is 2.01. The summed E-state index contributed by atoms with van der Waals surface area (Å²) in [5.74, 6) is -2.61. The molecule has 0 aliphatic heterocycles. The third-order valence-electron chi connectivity index (χ3n) is 4.08. The van der Waals surface area contributed by atoms with Crippen molar-refractivity contribution in [1.29, 1.82) is 0 Å². The van der Waals surface area contributed by atoms with E-state index in [-0.39, 0.29) is 6.54 Å². The summed E-state index contributed by atoms with van der Waals surface area (Å²) in [6, 6.07) is 3.21. The van der Waals surface area contributed by atoms with E-state index in [2.05, 4.69) is 11.4 Å². The number of benzene rings is 1. The van der Waals surface area contributed by atoms with Gasteiger partial charge in [-0.25, -0.2) is 17.2 Å². The standard InChI is InChI=1S/C17H22F2N2O3S/c1-25(23,24)21(11-10-13-6-3-2-4-7-13)12-16(22)20-17-14(18)8-5-9-15(17)19/h5-6,8-9H,2-4,7,10-12H2,1H3,(H,20,22). The summed E-state index contributed by atoms with van der Waals surface area (Å²) in [6.45, 7) is -0.322. The molecule has 25 heavy (non-hydrogen) atoms. The largest absolute Gasteiger partial charge is 0.320 e. The van der Waals surface area contributed by atoms with E-state index in [1.807, 2.05) is 0 Å². The highest BCUT2D eigenvalue weighted by Gasteiger charge is 2.22. The maximum atomic E-state index is 13.6. The molecule has 0 saturated carbocycles. The summed E-state index contributed by atoms with van der Waals surface area (Å²) < 4.78 is 52.0. The molecule has 0 fully saturated rings. The van der Waals surface area contributed by atoms with Crippen LogP contribution in [0.2, 0.25) is 0 Å². The van der Waals surface area contributed by atoms with Gasteiger partial charge in [-0.3, -0.25) is 4.79 Å². The van der Waals surface area contributed by atoms with Crippen LogP contribution < -0.4 is 5.32 Å². The number of nitrogens with zero attached hydrogens (tertiary/aromatic N) is 1. The fraction of sp³-hybridized carbons (Fsp3) is 0.471. The van der Waals surface area contributed by atoms with E-state index in [9.17, 15) is 22.0 Å². The van der Waals surface area contributed by atoms with Crippen molar-refractivity contribution >= 4 is 21.6 Å². The van der Waals surface area contributed by atoms with Crippen molar-refractivity contribution in [2.45, 2.75) is 32.1 Å². The number of hydrogen-bond donors (Lipinski definition) is 1. The zero-order valence-corrected chi connectivity index (χ0v) is 14.9. The molecule has 138 valence electrons. The molecule has 1 amide bonds. The highest BCUT2D eigenvalue weighted by atomic mass is 32.2. The number of nitrogens with one attached hydrogen (secondary N) is 1. The molecule has 0 aromatic heterocycles. The lowest BCUT2D eigenvalue weighted by atomic mass is 9.97. The van der Waals surface area contributed by atoms with E-state index in [4.69, 9.17) is 0 Å². The SMILES string of the molecule is CS(=O)(=O)N(CCC1=CCCCC1)CC(=O)Nc1c(F)cccc1F. The molecule has 0 radical (unpaired) electrons. The lowest BCUT2D eigenvalue weighted by Gasteiger charge is -2.21. The first-order chi connectivity index (χ1) is 11.8. The van der Waals surface area contributed by atoms with Gasteiger partial charge in [0.1, 0.15) is 17.3 Å². The van der Waals surface area contributed by atoms with Crippen LogP contribution in [0.1, 0.15) is 32.1 Å². The minimum atomic E-state index is -3.62. The van der Waals surface area contributed by atoms with E-state index in [0.717, 1.165) is 48.4 Å². The van der Waals surface area contributed by atoms with Crippen molar-refractivity contribution < 1.29 is 22.0 Å². The molecule has 0 unspecified atom stereocenters. The van der Waals surface area contributed by atoms with Gasteiger partial charge in [-0.2, -0.15) is 4.31 Å². The molecule has 0 heterocycles. The zero-order valence-electron chi connectivity index (χ0n) is 14.1. The van der Waals surface area contributed by atoms with Gasteiger partial charge in [0.25, 0.3) is 0 Å². The number of anilines is 1. The van der Waals surface area contributed by atoms with Crippen molar-refractivity contribution in [2.75, 3.05) is 24.7 Å². The molecule has 0 saturated heterocycles. The molecule has 8 heteroatoms. The fourth-order valence-electron chi connectivity index (χ4n) is 2.72. The lowest BCUT2D eigenvalue weighted by molar-refractivity contribution is -0.116. The first-order valence-corrected chi connectivity index (χ1v) is 9.99. The maximum absolute atomic E-state index is 13.6. The van der Waals surface area contributed by atoms with Crippen LogP contribution in [-0.2, 0) is 14.8 Å². The summed E-state index contributed by atoms with van der Waals surface area (Å²) in [5, 5.41) is 2.11. The van der Waals surface area contributed by atoms with Gasteiger partial charge in [0.05, 0.1) is 12.8 Å². The van der Waals surface area contributed by atoms with Gasteiger partial charge in [-0.1, -0.05) is 17.7 Å². The molecular formula is C17H22F2N2O3S. The molecule has 0 bridgehead atoms. The second-order valence-electron chi connectivity index (χ2n) is 6.10. The lowest BCUT2D eigenvalue weighted by Crippen LogP contribution is -2.38. The van der Waals surface area contributed by atoms with Gasteiger partial charge in [-0.05, 0) is 44.2 Å². The maximum Gasteiger partial charge on any atom is 0.239 e. The highest BCUT2D eigenvalue weighted by molar-refractivity contribution is 7.88. The zero-order chi connectivity index (χ0) is 18.4. The van der Waals surface area contributed by atoms with Crippen molar-refractivity contribution in [3.8, 4) is 0 Å². The Morgan fingerprint density at radius 1 is 1.24 bits per heavy atom. The Hall–Kier alpha value is -1.80. The smallest absolute Gasteiger partial charge is 0.239 e. The van der Waals surface area contributed by atoms with Gasteiger partial charge in [0.2, 0.25) is 15.9 Å². The molecule has 0 spiro atoms. The third kappa shape index (κ3) is 5.89. The molecule has 1 aromatic rings. The average molecular weight is 372 g/mol. The Morgan fingerprint density at radius 3 is 2.48 bits per heavy atom. The van der Waals surface area contributed by atoms with Crippen molar-refractivity contribution in [2.24, 2.45) is 0 Å². The number of rotatable bonds is 7. The van der Waals surface area contributed by atoms with Crippen LogP contribution in [-0.4, -0.2) is 38.0 Å². The summed E-state index contributed by atoms with van der Waals surface area (Å²) in [7, 11) is -3.62. The summed E-state index contributed by atoms with van der Waals surface area (Å²) in [6.07, 6.45) is 7.81. The molecule has 2 rings (SSSR count). The Kier molecular flexibility index (Phi) is 6.66. The van der Waals surface area contributed by atoms with Crippen LogP contribution in [0, 0.1) is 11.6 Å². The second-order valence-corrected chi connectivity index (χ2v) is 8.08. The Labute approximate surface area is 146 Å². The number of allylic oxidation sites excluding steroid dienone is 1. The number of para-hydroxylation sites is 1. The number of carbonyl (C=O) groups is 1. The van der Waals surface area contributed by atoms with E-state index in [1.54, 1.807) is 0 Å². The Morgan fingerprint density at radius 2 is 1.92 bits per heavy atom. The van der Waals surface area contributed by atoms with Crippen LogP contribution in [0.25, 0.3) is 0 Å². The quantitative estimate of drug-likeness (QED) is 0.748. The van der Waals surface area contributed by atoms with E-state index >= 15 is 0 Å². The van der Waals surface area contributed by atoms with Crippen LogP contribution in [0.5, 0.6) is 0 Å². The second kappa shape index (κ2) is 8.53. The van der Waals surface area contributed by atoms with Crippen LogP contribution >= 0.6 is 0 Å². The minimum Gasteiger partial charge on any atom is -0.320 e. The molecule has 1 N–H and O–H groups in total. The minimum absolute atomic E-state index is 0.165. The third-order valence-corrected chi connectivity index (χ3v) is 5.33. The predicted molar refractivity (Wildman–Crippen MR) is 92.6 cm³/mol. The number of sulfonamides is 1. The van der Waals surface area contributed by atoms with Gasteiger partial charge in [-0.15, -0.1) is 0 Å². The van der Waals surface area contributed by atoms with E-state index in [1.165, 1.54) is 11.6 Å². The van der Waals surface area contributed by atoms with E-state index < -0.39 is 39.8 Å². The van der Waals surface area contributed by atoms with Crippen LogP contribution in [0.4, 0.5) is 14.5 Å². The number of halogens is 2. The van der Waals surface area contributed by atoms with Gasteiger partial charge >= 0.3 is 0 Å². The molecule has 0 atom stereocenters. The predicted octanol–water partition coefficient (Wildman–Crippen LogP) is 3.06. The topological polar surface area (TPSA) is 66.5 Å². The summed E-state index contributed by atoms with van der Waals surface area (Å²) >= 11 is 0. The van der Waals surface area contributed by atoms with Crippen LogP contribution in [0.3, 0.4) is 0 Å². The van der Waals surface area contributed by atoms with Gasteiger partial charge < -0.3 is 5.32 Å². The summed E-state index contributed by atoms with van der Waals surface area (Å²) in [4.78, 5) is 12.1. The average Bonchev–Trinajstić information content (AvgIpc) is 2.55. The molecule has 1 aliphatic rings. The van der Waals surface area contributed by atoms with Crippen LogP contribution in [0.15, 0.2) is 29.8 Å². The number of carbonyl (C=O) groups excluding carboxylic acids is 1. The molecular weight excluding hydrogens is 350 g/mol. The van der Waals surface area contributed by atoms with E-state index in [0.29, 0.717) is 6.42 Å². The normalized spacial score (nSPS) is 15.1.